The van der Waals surface area contributed by atoms with Gasteiger partial charge in [0.05, 0.1) is 17.3 Å². The van der Waals surface area contributed by atoms with E-state index in [0.717, 1.165) is 26.2 Å². The van der Waals surface area contributed by atoms with Gasteiger partial charge in [0.2, 0.25) is 0 Å². The first kappa shape index (κ1) is 15.4. The third kappa shape index (κ3) is 4.28. The van der Waals surface area contributed by atoms with Crippen molar-refractivity contribution in [1.29, 1.82) is 0 Å². The van der Waals surface area contributed by atoms with E-state index in [9.17, 15) is 8.42 Å². The molecule has 6 heteroatoms. The summed E-state index contributed by atoms with van der Waals surface area (Å²) in [4.78, 5) is 4.77. The van der Waals surface area contributed by atoms with Crippen molar-refractivity contribution in [3.8, 4) is 0 Å². The minimum Gasteiger partial charge on any atom is -0.395 e. The van der Waals surface area contributed by atoms with Crippen molar-refractivity contribution in [2.45, 2.75) is 4.90 Å². The van der Waals surface area contributed by atoms with Gasteiger partial charge in [-0.15, -0.1) is 0 Å². The molecule has 1 fully saturated rings. The molecule has 0 amide bonds. The maximum absolute atomic E-state index is 12.2. The van der Waals surface area contributed by atoms with E-state index in [1.807, 2.05) is 6.07 Å². The maximum atomic E-state index is 12.2. The topological polar surface area (TPSA) is 60.9 Å². The number of aliphatic hydroxyl groups excluding tert-OH is 1. The van der Waals surface area contributed by atoms with E-state index in [0.29, 0.717) is 18.0 Å². The van der Waals surface area contributed by atoms with Crippen molar-refractivity contribution in [3.05, 3.63) is 30.3 Å². The van der Waals surface area contributed by atoms with Gasteiger partial charge in [0.1, 0.15) is 0 Å². The van der Waals surface area contributed by atoms with Gasteiger partial charge in [-0.25, -0.2) is 8.42 Å². The van der Waals surface area contributed by atoms with E-state index in [-0.39, 0.29) is 12.4 Å². The second-order valence-corrected chi connectivity index (χ2v) is 7.15. The first-order valence-electron chi connectivity index (χ1n) is 6.95. The van der Waals surface area contributed by atoms with Gasteiger partial charge in [-0.05, 0) is 12.1 Å². The van der Waals surface area contributed by atoms with E-state index < -0.39 is 9.84 Å². The van der Waals surface area contributed by atoms with Gasteiger partial charge in [0.25, 0.3) is 0 Å². The molecule has 0 bridgehead atoms. The summed E-state index contributed by atoms with van der Waals surface area (Å²) in [5.41, 5.74) is 0. The number of piperazine rings is 1. The molecule has 112 valence electrons. The average Bonchev–Trinajstić information content (AvgIpc) is 2.48. The van der Waals surface area contributed by atoms with Crippen LogP contribution in [0.3, 0.4) is 0 Å². The Labute approximate surface area is 120 Å². The van der Waals surface area contributed by atoms with Gasteiger partial charge in [-0.2, -0.15) is 0 Å². The number of hydrogen-bond acceptors (Lipinski definition) is 5. The van der Waals surface area contributed by atoms with Gasteiger partial charge in [0.15, 0.2) is 9.84 Å². The zero-order valence-corrected chi connectivity index (χ0v) is 12.4. The standard InChI is InChI=1S/C14H22N2O3S/c17-12-10-15-6-8-16(9-7-15)11-13-20(18,19)14-4-2-1-3-5-14/h1-5,17H,6-13H2. The third-order valence-corrected chi connectivity index (χ3v) is 5.37. The van der Waals surface area contributed by atoms with E-state index in [1.54, 1.807) is 24.3 Å². The Morgan fingerprint density at radius 3 is 2.05 bits per heavy atom. The molecule has 1 heterocycles. The molecule has 20 heavy (non-hydrogen) atoms. The molecule has 0 unspecified atom stereocenters. The third-order valence-electron chi connectivity index (χ3n) is 3.66. The van der Waals surface area contributed by atoms with Gasteiger partial charge in [-0.3, -0.25) is 9.80 Å². The minimum atomic E-state index is -3.18. The molecule has 0 aliphatic carbocycles. The fourth-order valence-electron chi connectivity index (χ4n) is 2.37. The Hall–Kier alpha value is -0.950. The smallest absolute Gasteiger partial charge is 0.179 e. The van der Waals surface area contributed by atoms with Crippen LogP contribution in [0.15, 0.2) is 35.2 Å². The molecule has 0 atom stereocenters. The summed E-state index contributed by atoms with van der Waals surface area (Å²) < 4.78 is 24.3. The number of β-amino-alcohol motifs (C(OH)–C–C–N with tert-alkyl or cyclic N) is 1. The van der Waals surface area contributed by atoms with Crippen molar-refractivity contribution in [1.82, 2.24) is 9.80 Å². The summed E-state index contributed by atoms with van der Waals surface area (Å²) >= 11 is 0. The van der Waals surface area contributed by atoms with Crippen molar-refractivity contribution in [2.75, 3.05) is 51.6 Å². The molecular weight excluding hydrogens is 276 g/mol. The Balaban J connectivity index is 1.81. The minimum absolute atomic E-state index is 0.164. The van der Waals surface area contributed by atoms with E-state index in [2.05, 4.69) is 9.80 Å². The highest BCUT2D eigenvalue weighted by molar-refractivity contribution is 7.91. The molecule has 1 aliphatic heterocycles. The van der Waals surface area contributed by atoms with Crippen molar-refractivity contribution in [2.24, 2.45) is 0 Å². The van der Waals surface area contributed by atoms with Crippen LogP contribution in [0.4, 0.5) is 0 Å². The molecule has 0 radical (unpaired) electrons. The molecule has 0 spiro atoms. The molecular formula is C14H22N2O3S. The Morgan fingerprint density at radius 2 is 1.50 bits per heavy atom. The molecule has 1 saturated heterocycles. The van der Waals surface area contributed by atoms with Gasteiger partial charge in [-0.1, -0.05) is 18.2 Å². The van der Waals surface area contributed by atoms with Crippen LogP contribution in [0.25, 0.3) is 0 Å². The van der Waals surface area contributed by atoms with E-state index in [4.69, 9.17) is 5.11 Å². The zero-order chi connectivity index (χ0) is 14.4. The van der Waals surface area contributed by atoms with Gasteiger partial charge >= 0.3 is 0 Å². The SMILES string of the molecule is O=S(=O)(CCN1CCN(CCO)CC1)c1ccccc1. The number of sulfone groups is 1. The number of aliphatic hydroxyl groups is 1. The fourth-order valence-corrected chi connectivity index (χ4v) is 3.68. The van der Waals surface area contributed by atoms with Crippen LogP contribution >= 0.6 is 0 Å². The zero-order valence-electron chi connectivity index (χ0n) is 11.6. The quantitative estimate of drug-likeness (QED) is 0.805. The van der Waals surface area contributed by atoms with Crippen molar-refractivity contribution in [3.63, 3.8) is 0 Å². The number of nitrogens with zero attached hydrogens (tertiary/aromatic N) is 2. The van der Waals surface area contributed by atoms with Crippen molar-refractivity contribution < 1.29 is 13.5 Å². The predicted octanol–water partition coefficient (Wildman–Crippen LogP) is 0.0702. The lowest BCUT2D eigenvalue weighted by Gasteiger charge is -2.34. The summed E-state index contributed by atoms with van der Waals surface area (Å²) in [6, 6.07) is 8.61. The monoisotopic (exact) mass is 298 g/mol. The molecule has 1 aromatic carbocycles. The summed E-state index contributed by atoms with van der Waals surface area (Å²) in [6.07, 6.45) is 0. The second kappa shape index (κ2) is 7.17. The van der Waals surface area contributed by atoms with Gasteiger partial charge < -0.3 is 5.11 Å². The highest BCUT2D eigenvalue weighted by Gasteiger charge is 2.19. The Morgan fingerprint density at radius 1 is 0.950 bits per heavy atom. The normalized spacial score (nSPS) is 18.2. The average molecular weight is 298 g/mol. The molecule has 5 nitrogen and oxygen atoms in total. The molecule has 0 saturated carbocycles. The van der Waals surface area contributed by atoms with Gasteiger partial charge in [0, 0.05) is 39.3 Å². The first-order chi connectivity index (χ1) is 9.62. The van der Waals surface area contributed by atoms with E-state index >= 15 is 0 Å². The largest absolute Gasteiger partial charge is 0.395 e. The molecule has 0 aromatic heterocycles. The van der Waals surface area contributed by atoms with Crippen LogP contribution in [0.5, 0.6) is 0 Å². The number of benzene rings is 1. The summed E-state index contributed by atoms with van der Waals surface area (Å²) in [5.74, 6) is 0.164. The molecule has 1 aliphatic rings. The lowest BCUT2D eigenvalue weighted by molar-refractivity contribution is 0.116. The van der Waals surface area contributed by atoms with Crippen LogP contribution < -0.4 is 0 Å². The Bertz CT molecular complexity index is 496. The molecule has 1 N–H and O–H groups in total. The number of hydrogen-bond donors (Lipinski definition) is 1. The van der Waals surface area contributed by atoms with Crippen molar-refractivity contribution >= 4 is 9.84 Å². The van der Waals surface area contributed by atoms with Crippen LogP contribution in [0, 0.1) is 0 Å². The highest BCUT2D eigenvalue weighted by Crippen LogP contribution is 2.11. The maximum Gasteiger partial charge on any atom is 0.179 e. The van der Waals surface area contributed by atoms with Crippen LogP contribution in [0.2, 0.25) is 0 Å². The lowest BCUT2D eigenvalue weighted by Crippen LogP contribution is -2.48. The fraction of sp³-hybridized carbons (Fsp3) is 0.571. The van der Waals surface area contributed by atoms with Crippen LogP contribution in [-0.4, -0.2) is 75.0 Å². The van der Waals surface area contributed by atoms with Crippen LogP contribution in [0.1, 0.15) is 0 Å². The first-order valence-corrected chi connectivity index (χ1v) is 8.60. The van der Waals surface area contributed by atoms with Crippen LogP contribution in [-0.2, 0) is 9.84 Å². The molecule has 1 aromatic rings. The summed E-state index contributed by atoms with van der Waals surface area (Å²) in [7, 11) is -3.18. The second-order valence-electron chi connectivity index (χ2n) is 5.04. The Kier molecular flexibility index (Phi) is 5.54. The lowest BCUT2D eigenvalue weighted by atomic mass is 10.3. The number of rotatable bonds is 6. The van der Waals surface area contributed by atoms with E-state index in [1.165, 1.54) is 0 Å². The highest BCUT2D eigenvalue weighted by atomic mass is 32.2. The summed E-state index contributed by atoms with van der Waals surface area (Å²) in [6.45, 7) is 4.98. The molecule has 2 rings (SSSR count). The summed E-state index contributed by atoms with van der Waals surface area (Å²) in [5, 5.41) is 8.89. The predicted molar refractivity (Wildman–Crippen MR) is 78.5 cm³/mol.